The molecule has 0 aromatic heterocycles. The second kappa shape index (κ2) is 5.59. The smallest absolute Gasteiger partial charge is 0.119 e. The van der Waals surface area contributed by atoms with Gasteiger partial charge in [-0.25, -0.2) is 0 Å². The molecule has 18 heavy (non-hydrogen) atoms. The summed E-state index contributed by atoms with van der Waals surface area (Å²) in [5.41, 5.74) is 7.53. The summed E-state index contributed by atoms with van der Waals surface area (Å²) in [5, 5.41) is 0. The van der Waals surface area contributed by atoms with Crippen molar-refractivity contribution in [3.63, 3.8) is 0 Å². The summed E-state index contributed by atoms with van der Waals surface area (Å²) in [4.78, 5) is 2.46. The fourth-order valence-electron chi connectivity index (χ4n) is 2.71. The van der Waals surface area contributed by atoms with Crippen LogP contribution in [-0.4, -0.2) is 30.6 Å². The lowest BCUT2D eigenvalue weighted by Gasteiger charge is -2.31. The van der Waals surface area contributed by atoms with Gasteiger partial charge < -0.3 is 10.5 Å². The summed E-state index contributed by atoms with van der Waals surface area (Å²) in [6, 6.07) is 7.06. The average molecular weight is 313 g/mol. The maximum Gasteiger partial charge on any atom is 0.119 e. The minimum atomic E-state index is 0.191. The number of nitrogens with zero attached hydrogens (tertiary/aromatic N) is 1. The van der Waals surface area contributed by atoms with Crippen molar-refractivity contribution >= 4 is 15.9 Å². The molecule has 0 saturated carbocycles. The molecule has 1 fully saturated rings. The first-order chi connectivity index (χ1) is 8.54. The Balaban J connectivity index is 2.39. The molecule has 0 radical (unpaired) electrons. The lowest BCUT2D eigenvalue weighted by Crippen LogP contribution is -2.36. The molecule has 2 N–H and O–H groups in total. The zero-order valence-electron chi connectivity index (χ0n) is 11.2. The lowest BCUT2D eigenvalue weighted by atomic mass is 10.00. The number of benzene rings is 1. The molecule has 4 heteroatoms. The number of nitrogens with two attached hydrogens (primary N) is 1. The van der Waals surface area contributed by atoms with E-state index in [2.05, 4.69) is 40.7 Å². The minimum Gasteiger partial charge on any atom is -0.497 e. The Morgan fingerprint density at radius 2 is 2.17 bits per heavy atom. The molecule has 3 nitrogen and oxygen atoms in total. The van der Waals surface area contributed by atoms with Crippen molar-refractivity contribution in [1.29, 1.82) is 0 Å². The molecular weight excluding hydrogens is 292 g/mol. The van der Waals surface area contributed by atoms with E-state index in [0.717, 1.165) is 23.2 Å². The van der Waals surface area contributed by atoms with Crippen molar-refractivity contribution in [2.24, 2.45) is 5.73 Å². The highest BCUT2D eigenvalue weighted by atomic mass is 79.9. The highest BCUT2D eigenvalue weighted by Gasteiger charge is 2.35. The molecule has 1 aliphatic heterocycles. The second-order valence-corrected chi connectivity index (χ2v) is 5.97. The molecule has 2 rings (SSSR count). The number of ether oxygens (including phenoxy) is 1. The highest BCUT2D eigenvalue weighted by molar-refractivity contribution is 9.10. The van der Waals surface area contributed by atoms with Crippen LogP contribution in [0.2, 0.25) is 0 Å². The van der Waals surface area contributed by atoms with Gasteiger partial charge in [-0.2, -0.15) is 0 Å². The van der Waals surface area contributed by atoms with Crippen LogP contribution in [0.1, 0.15) is 31.9 Å². The first-order valence-electron chi connectivity index (χ1n) is 6.39. The van der Waals surface area contributed by atoms with E-state index in [0.29, 0.717) is 6.04 Å². The molecule has 0 bridgehead atoms. The number of methoxy groups -OCH3 is 1. The maximum absolute atomic E-state index is 6.30. The first kappa shape index (κ1) is 13.8. The predicted octanol–water partition coefficient (Wildman–Crippen LogP) is 2.94. The summed E-state index contributed by atoms with van der Waals surface area (Å²) in [6.07, 6.45) is 1.05. The predicted molar refractivity (Wildman–Crippen MR) is 77.9 cm³/mol. The van der Waals surface area contributed by atoms with Crippen molar-refractivity contribution in [3.8, 4) is 5.75 Å². The van der Waals surface area contributed by atoms with Gasteiger partial charge in [-0.1, -0.05) is 15.9 Å². The zero-order chi connectivity index (χ0) is 13.3. The SMILES string of the molecule is COc1ccc(Br)c(C2C(N)CCN2C(C)C)c1. The summed E-state index contributed by atoms with van der Waals surface area (Å²) < 4.78 is 6.43. The number of halogens is 1. The quantitative estimate of drug-likeness (QED) is 0.932. The third-order valence-electron chi connectivity index (χ3n) is 3.67. The number of rotatable bonds is 3. The molecule has 0 amide bonds. The van der Waals surface area contributed by atoms with Crippen molar-refractivity contribution in [2.75, 3.05) is 13.7 Å². The summed E-state index contributed by atoms with van der Waals surface area (Å²) in [7, 11) is 1.70. The van der Waals surface area contributed by atoms with Crippen LogP contribution in [-0.2, 0) is 0 Å². The Hall–Kier alpha value is -0.580. The van der Waals surface area contributed by atoms with Gasteiger partial charge in [0, 0.05) is 23.1 Å². The van der Waals surface area contributed by atoms with E-state index in [1.807, 2.05) is 12.1 Å². The van der Waals surface area contributed by atoms with Gasteiger partial charge in [0.25, 0.3) is 0 Å². The van der Waals surface area contributed by atoms with Crippen molar-refractivity contribution in [3.05, 3.63) is 28.2 Å². The van der Waals surface area contributed by atoms with Gasteiger partial charge in [0.1, 0.15) is 5.75 Å². The van der Waals surface area contributed by atoms with Gasteiger partial charge in [-0.3, -0.25) is 4.90 Å². The molecule has 2 unspecified atom stereocenters. The number of likely N-dealkylation sites (tertiary alicyclic amines) is 1. The van der Waals surface area contributed by atoms with Crippen LogP contribution in [0.15, 0.2) is 22.7 Å². The fourth-order valence-corrected chi connectivity index (χ4v) is 3.19. The lowest BCUT2D eigenvalue weighted by molar-refractivity contribution is 0.197. The van der Waals surface area contributed by atoms with Gasteiger partial charge in [0.15, 0.2) is 0 Å². The molecule has 1 heterocycles. The van der Waals surface area contributed by atoms with Crippen LogP contribution in [0, 0.1) is 0 Å². The summed E-state index contributed by atoms with van der Waals surface area (Å²) >= 11 is 3.64. The standard InChI is InChI=1S/C14H21BrN2O/c1-9(2)17-7-6-13(16)14(17)11-8-10(18-3)4-5-12(11)15/h4-5,8-9,13-14H,6-7,16H2,1-3H3. The van der Waals surface area contributed by atoms with Crippen molar-refractivity contribution in [1.82, 2.24) is 4.90 Å². The van der Waals surface area contributed by atoms with Crippen LogP contribution in [0.5, 0.6) is 5.75 Å². The molecule has 2 atom stereocenters. The van der Waals surface area contributed by atoms with Gasteiger partial charge in [0.2, 0.25) is 0 Å². The van der Waals surface area contributed by atoms with Crippen LogP contribution in [0.3, 0.4) is 0 Å². The Morgan fingerprint density at radius 3 is 2.78 bits per heavy atom. The third kappa shape index (κ3) is 2.56. The number of hydrogen-bond donors (Lipinski definition) is 1. The summed E-state index contributed by atoms with van der Waals surface area (Å²) in [6.45, 7) is 5.51. The molecule has 100 valence electrons. The second-order valence-electron chi connectivity index (χ2n) is 5.12. The van der Waals surface area contributed by atoms with Gasteiger partial charge in [-0.05, 0) is 44.0 Å². The van der Waals surface area contributed by atoms with Crippen LogP contribution in [0.4, 0.5) is 0 Å². The first-order valence-corrected chi connectivity index (χ1v) is 7.18. The van der Waals surface area contributed by atoms with E-state index in [1.54, 1.807) is 7.11 Å². The van der Waals surface area contributed by atoms with Crippen LogP contribution >= 0.6 is 15.9 Å². The zero-order valence-corrected chi connectivity index (χ0v) is 12.8. The average Bonchev–Trinajstić information content (AvgIpc) is 2.72. The Morgan fingerprint density at radius 1 is 1.44 bits per heavy atom. The maximum atomic E-state index is 6.30. The molecule has 1 aromatic rings. The van der Waals surface area contributed by atoms with E-state index in [-0.39, 0.29) is 12.1 Å². The van der Waals surface area contributed by atoms with Gasteiger partial charge >= 0.3 is 0 Å². The van der Waals surface area contributed by atoms with E-state index in [9.17, 15) is 0 Å². The molecular formula is C14H21BrN2O. The molecule has 1 saturated heterocycles. The van der Waals surface area contributed by atoms with E-state index < -0.39 is 0 Å². The largest absolute Gasteiger partial charge is 0.497 e. The third-order valence-corrected chi connectivity index (χ3v) is 4.39. The van der Waals surface area contributed by atoms with Crippen molar-refractivity contribution in [2.45, 2.75) is 38.4 Å². The topological polar surface area (TPSA) is 38.5 Å². The Bertz CT molecular complexity index is 422. The van der Waals surface area contributed by atoms with Gasteiger partial charge in [0.05, 0.1) is 13.2 Å². The molecule has 0 aliphatic carbocycles. The van der Waals surface area contributed by atoms with Gasteiger partial charge in [-0.15, -0.1) is 0 Å². The van der Waals surface area contributed by atoms with E-state index in [4.69, 9.17) is 10.5 Å². The van der Waals surface area contributed by atoms with Crippen LogP contribution < -0.4 is 10.5 Å². The van der Waals surface area contributed by atoms with E-state index in [1.165, 1.54) is 5.56 Å². The van der Waals surface area contributed by atoms with E-state index >= 15 is 0 Å². The molecule has 1 aliphatic rings. The minimum absolute atomic E-state index is 0.191. The molecule has 1 aromatic carbocycles. The monoisotopic (exact) mass is 312 g/mol. The Kier molecular flexibility index (Phi) is 4.30. The normalized spacial score (nSPS) is 24.8. The van der Waals surface area contributed by atoms with Crippen LogP contribution in [0.25, 0.3) is 0 Å². The summed E-state index contributed by atoms with van der Waals surface area (Å²) in [5.74, 6) is 0.885. The van der Waals surface area contributed by atoms with Crippen molar-refractivity contribution < 1.29 is 4.74 Å². The number of hydrogen-bond acceptors (Lipinski definition) is 3. The molecule has 0 spiro atoms. The highest BCUT2D eigenvalue weighted by Crippen LogP contribution is 2.38. The Labute approximate surface area is 117 Å². The fraction of sp³-hybridized carbons (Fsp3) is 0.571.